The Hall–Kier alpha value is -3.42. The van der Waals surface area contributed by atoms with Gasteiger partial charge in [0.05, 0.1) is 24.9 Å². The van der Waals surface area contributed by atoms with Crippen molar-refractivity contribution < 1.29 is 13.7 Å². The second-order valence-electron chi connectivity index (χ2n) is 5.58. The monoisotopic (exact) mass is 337 g/mol. The van der Waals surface area contributed by atoms with E-state index in [1.54, 1.807) is 18.3 Å². The van der Waals surface area contributed by atoms with Gasteiger partial charge in [-0.25, -0.2) is 4.98 Å². The van der Waals surface area contributed by atoms with E-state index >= 15 is 0 Å². The van der Waals surface area contributed by atoms with Crippen molar-refractivity contribution >= 4 is 11.6 Å². The summed E-state index contributed by atoms with van der Waals surface area (Å²) in [6.45, 7) is 2.16. The number of nitrogens with one attached hydrogen (secondary N) is 1. The van der Waals surface area contributed by atoms with Gasteiger partial charge in [0.2, 0.25) is 5.91 Å². The molecule has 4 heterocycles. The zero-order valence-electron chi connectivity index (χ0n) is 13.5. The number of aryl methyl sites for hydroxylation is 1. The van der Waals surface area contributed by atoms with Gasteiger partial charge in [-0.15, -0.1) is 0 Å². The molecule has 0 unspecified atom stereocenters. The predicted molar refractivity (Wildman–Crippen MR) is 87.5 cm³/mol. The van der Waals surface area contributed by atoms with E-state index in [1.807, 2.05) is 29.7 Å². The van der Waals surface area contributed by atoms with Gasteiger partial charge in [-0.3, -0.25) is 4.79 Å². The van der Waals surface area contributed by atoms with Crippen molar-refractivity contribution in [3.63, 3.8) is 0 Å². The fourth-order valence-electron chi connectivity index (χ4n) is 2.56. The Morgan fingerprint density at radius 3 is 3.08 bits per heavy atom. The lowest BCUT2D eigenvalue weighted by atomic mass is 10.3. The number of hydrogen-bond acceptors (Lipinski definition) is 6. The molecule has 4 aromatic heterocycles. The minimum Gasteiger partial charge on any atom is -0.459 e. The van der Waals surface area contributed by atoms with Gasteiger partial charge < -0.3 is 18.7 Å². The Morgan fingerprint density at radius 1 is 1.32 bits per heavy atom. The van der Waals surface area contributed by atoms with E-state index in [2.05, 4.69) is 20.4 Å². The minimum atomic E-state index is -0.146. The fraction of sp³-hybridized carbons (Fsp3) is 0.176. The van der Waals surface area contributed by atoms with Crippen LogP contribution in [-0.2, 0) is 17.8 Å². The quantitative estimate of drug-likeness (QED) is 0.599. The van der Waals surface area contributed by atoms with E-state index in [-0.39, 0.29) is 24.8 Å². The van der Waals surface area contributed by atoms with Crippen LogP contribution >= 0.6 is 0 Å². The summed E-state index contributed by atoms with van der Waals surface area (Å²) in [6, 6.07) is 7.38. The maximum absolute atomic E-state index is 12.2. The van der Waals surface area contributed by atoms with E-state index in [1.165, 1.54) is 6.26 Å². The molecule has 0 spiro atoms. The summed E-state index contributed by atoms with van der Waals surface area (Å²) in [5.41, 5.74) is 2.73. The topological polar surface area (TPSA) is 98.5 Å². The Labute approximate surface area is 142 Å². The van der Waals surface area contributed by atoms with Crippen LogP contribution in [-0.4, -0.2) is 25.4 Å². The maximum atomic E-state index is 12.2. The number of hydrogen-bond donors (Lipinski definition) is 1. The van der Waals surface area contributed by atoms with Gasteiger partial charge in [0, 0.05) is 12.4 Å². The maximum Gasteiger partial charge on any atom is 0.293 e. The first kappa shape index (κ1) is 15.1. The van der Waals surface area contributed by atoms with Crippen LogP contribution in [0.5, 0.6) is 0 Å². The summed E-state index contributed by atoms with van der Waals surface area (Å²) in [5, 5.41) is 6.60. The van der Waals surface area contributed by atoms with Gasteiger partial charge in [-0.05, 0) is 30.7 Å². The van der Waals surface area contributed by atoms with E-state index in [0.717, 1.165) is 16.9 Å². The van der Waals surface area contributed by atoms with Crippen molar-refractivity contribution in [1.82, 2.24) is 24.8 Å². The van der Waals surface area contributed by atoms with E-state index in [4.69, 9.17) is 8.94 Å². The summed E-state index contributed by atoms with van der Waals surface area (Å²) >= 11 is 0. The normalized spacial score (nSPS) is 11.1. The van der Waals surface area contributed by atoms with Crippen molar-refractivity contribution in [2.45, 2.75) is 19.9 Å². The zero-order chi connectivity index (χ0) is 17.2. The largest absolute Gasteiger partial charge is 0.459 e. The molecule has 1 amide bonds. The number of rotatable bonds is 5. The van der Waals surface area contributed by atoms with Gasteiger partial charge in [0.1, 0.15) is 5.65 Å². The highest BCUT2D eigenvalue weighted by Gasteiger charge is 2.13. The van der Waals surface area contributed by atoms with Gasteiger partial charge >= 0.3 is 0 Å². The second kappa shape index (κ2) is 6.23. The molecule has 4 aromatic rings. The second-order valence-corrected chi connectivity index (χ2v) is 5.58. The first-order valence-electron chi connectivity index (χ1n) is 7.75. The first-order chi connectivity index (χ1) is 12.2. The predicted octanol–water partition coefficient (Wildman–Crippen LogP) is 2.14. The molecule has 0 saturated heterocycles. The zero-order valence-corrected chi connectivity index (χ0v) is 13.5. The number of carbonyl (C=O) groups excluding carboxylic acids is 1. The molecular formula is C17H15N5O3. The number of amides is 1. The van der Waals surface area contributed by atoms with Crippen LogP contribution in [0.25, 0.3) is 17.3 Å². The average Bonchev–Trinajstić information content (AvgIpc) is 3.34. The number of imidazole rings is 1. The number of furan rings is 1. The van der Waals surface area contributed by atoms with Crippen LogP contribution in [0, 0.1) is 6.92 Å². The SMILES string of the molecule is Cc1cccn2c(CC(=O)NCc3noc(-c4ccco4)n3)cnc12. The van der Waals surface area contributed by atoms with Crippen LogP contribution in [0.2, 0.25) is 0 Å². The number of carbonyl (C=O) groups is 1. The average molecular weight is 337 g/mol. The van der Waals surface area contributed by atoms with Crippen LogP contribution in [0.4, 0.5) is 0 Å². The lowest BCUT2D eigenvalue weighted by molar-refractivity contribution is -0.120. The molecule has 8 heteroatoms. The molecule has 0 fully saturated rings. The van der Waals surface area contributed by atoms with Crippen LogP contribution < -0.4 is 5.32 Å². The molecule has 0 aliphatic carbocycles. The van der Waals surface area contributed by atoms with Crippen molar-refractivity contribution in [2.75, 3.05) is 0 Å². The van der Waals surface area contributed by atoms with Crippen LogP contribution in [0.3, 0.4) is 0 Å². The highest BCUT2D eigenvalue weighted by molar-refractivity contribution is 5.78. The molecular weight excluding hydrogens is 322 g/mol. The van der Waals surface area contributed by atoms with Gasteiger partial charge in [-0.1, -0.05) is 11.2 Å². The summed E-state index contributed by atoms with van der Waals surface area (Å²) in [7, 11) is 0. The minimum absolute atomic E-state index is 0.146. The lowest BCUT2D eigenvalue weighted by Gasteiger charge is -2.03. The van der Waals surface area contributed by atoms with Gasteiger partial charge in [-0.2, -0.15) is 4.98 Å². The molecule has 126 valence electrons. The highest BCUT2D eigenvalue weighted by Crippen LogP contribution is 2.17. The summed E-state index contributed by atoms with van der Waals surface area (Å²) in [5.74, 6) is 1.01. The van der Waals surface area contributed by atoms with Crippen molar-refractivity contribution in [1.29, 1.82) is 0 Å². The Balaban J connectivity index is 1.40. The van der Waals surface area contributed by atoms with Gasteiger partial charge in [0.15, 0.2) is 11.6 Å². The molecule has 0 atom stereocenters. The third kappa shape index (κ3) is 3.01. The molecule has 4 rings (SSSR count). The number of nitrogens with zero attached hydrogens (tertiary/aromatic N) is 4. The van der Waals surface area contributed by atoms with Crippen molar-refractivity contribution in [3.05, 3.63) is 60.0 Å². The highest BCUT2D eigenvalue weighted by atomic mass is 16.5. The molecule has 1 N–H and O–H groups in total. The first-order valence-corrected chi connectivity index (χ1v) is 7.75. The standard InChI is InChI=1S/C17H15N5O3/c1-11-4-2-6-22-12(9-19-16(11)22)8-15(23)18-10-14-20-17(25-21-14)13-5-3-7-24-13/h2-7,9H,8,10H2,1H3,(H,18,23). The molecule has 8 nitrogen and oxygen atoms in total. The molecule has 0 aliphatic heterocycles. The number of aromatic nitrogens is 4. The van der Waals surface area contributed by atoms with E-state index in [9.17, 15) is 4.79 Å². The van der Waals surface area contributed by atoms with E-state index < -0.39 is 0 Å². The number of pyridine rings is 1. The summed E-state index contributed by atoms with van der Waals surface area (Å²) < 4.78 is 12.2. The van der Waals surface area contributed by atoms with Crippen molar-refractivity contribution in [3.8, 4) is 11.7 Å². The smallest absolute Gasteiger partial charge is 0.293 e. The van der Waals surface area contributed by atoms with Crippen molar-refractivity contribution in [2.24, 2.45) is 0 Å². The number of fused-ring (bicyclic) bond motifs is 1. The third-order valence-electron chi connectivity index (χ3n) is 3.79. The Bertz CT molecular complexity index is 1020. The van der Waals surface area contributed by atoms with E-state index in [0.29, 0.717) is 11.6 Å². The Morgan fingerprint density at radius 2 is 2.24 bits per heavy atom. The molecule has 25 heavy (non-hydrogen) atoms. The lowest BCUT2D eigenvalue weighted by Crippen LogP contribution is -2.25. The molecule has 0 radical (unpaired) electrons. The Kier molecular flexibility index (Phi) is 3.77. The molecule has 0 aromatic carbocycles. The molecule has 0 aliphatic rings. The fourth-order valence-corrected chi connectivity index (χ4v) is 2.56. The third-order valence-corrected chi connectivity index (χ3v) is 3.79. The van der Waals surface area contributed by atoms with Crippen LogP contribution in [0.1, 0.15) is 17.1 Å². The molecule has 0 bridgehead atoms. The van der Waals surface area contributed by atoms with Gasteiger partial charge in [0.25, 0.3) is 5.89 Å². The summed E-state index contributed by atoms with van der Waals surface area (Å²) in [4.78, 5) is 20.7. The summed E-state index contributed by atoms with van der Waals surface area (Å²) in [6.07, 6.45) is 5.35. The molecule has 0 saturated carbocycles. The van der Waals surface area contributed by atoms with Crippen LogP contribution in [0.15, 0.2) is 51.9 Å².